The van der Waals surface area contributed by atoms with Crippen LogP contribution in [0.1, 0.15) is 5.56 Å². The lowest BCUT2D eigenvalue weighted by Crippen LogP contribution is -1.86. The largest absolute Gasteiger partial charge is 0.382 e. The average molecular weight is 274 g/mol. The van der Waals surface area contributed by atoms with Crippen molar-refractivity contribution in [1.29, 1.82) is 5.26 Å². The summed E-state index contributed by atoms with van der Waals surface area (Å²) in [6, 6.07) is 9.96. The number of hydrogen-bond donors (Lipinski definition) is 3. The molecule has 0 unspecified atom stereocenters. The Bertz CT molecular complexity index is 1020. The number of pyridine rings is 1. The molecule has 21 heavy (non-hydrogen) atoms. The SMILES string of the molecule is N#Cc1c[nH]c2nccc(-c3ccc4[nH]nc(N)c4c3)c12. The Morgan fingerprint density at radius 1 is 1.24 bits per heavy atom. The summed E-state index contributed by atoms with van der Waals surface area (Å²) < 4.78 is 0. The molecule has 0 atom stereocenters. The van der Waals surface area contributed by atoms with Crippen molar-refractivity contribution in [2.24, 2.45) is 0 Å². The number of H-pyrrole nitrogens is 2. The smallest absolute Gasteiger partial charge is 0.153 e. The molecule has 1 aromatic carbocycles. The number of fused-ring (bicyclic) bond motifs is 2. The Balaban J connectivity index is 2.06. The highest BCUT2D eigenvalue weighted by atomic mass is 15.1. The van der Waals surface area contributed by atoms with Crippen LogP contribution in [0.2, 0.25) is 0 Å². The average Bonchev–Trinajstić information content (AvgIpc) is 3.10. The van der Waals surface area contributed by atoms with Crippen LogP contribution in [-0.2, 0) is 0 Å². The van der Waals surface area contributed by atoms with Crippen molar-refractivity contribution in [1.82, 2.24) is 20.2 Å². The molecule has 0 spiro atoms. The summed E-state index contributed by atoms with van der Waals surface area (Å²) in [5, 5.41) is 17.8. The molecular formula is C15H10N6. The molecule has 4 aromatic rings. The van der Waals surface area contributed by atoms with Crippen LogP contribution in [0, 0.1) is 11.3 Å². The van der Waals surface area contributed by atoms with Gasteiger partial charge in [0.05, 0.1) is 11.1 Å². The maximum absolute atomic E-state index is 9.25. The molecule has 6 heteroatoms. The number of nitrogens with zero attached hydrogens (tertiary/aromatic N) is 3. The van der Waals surface area contributed by atoms with Crippen molar-refractivity contribution in [3.05, 3.63) is 42.2 Å². The van der Waals surface area contributed by atoms with Crippen LogP contribution < -0.4 is 5.73 Å². The number of rotatable bonds is 1. The lowest BCUT2D eigenvalue weighted by Gasteiger charge is -2.04. The van der Waals surface area contributed by atoms with E-state index in [9.17, 15) is 5.26 Å². The molecule has 0 radical (unpaired) electrons. The second-order valence-electron chi connectivity index (χ2n) is 4.77. The second-order valence-corrected chi connectivity index (χ2v) is 4.77. The molecule has 0 bridgehead atoms. The summed E-state index contributed by atoms with van der Waals surface area (Å²) in [6.45, 7) is 0. The fraction of sp³-hybridized carbons (Fsp3) is 0. The third kappa shape index (κ3) is 1.58. The van der Waals surface area contributed by atoms with E-state index in [0.717, 1.165) is 27.4 Å². The van der Waals surface area contributed by atoms with E-state index in [2.05, 4.69) is 26.2 Å². The fourth-order valence-electron chi connectivity index (χ4n) is 2.59. The normalized spacial score (nSPS) is 11.0. The molecule has 0 fully saturated rings. The first-order chi connectivity index (χ1) is 10.3. The standard InChI is InChI=1S/C15H10N6/c16-6-9-7-19-15-13(9)10(3-4-18-15)8-1-2-12-11(5-8)14(17)21-20-12/h1-5,7H,(H,18,19)(H3,17,20,21). The number of nitriles is 1. The third-order valence-electron chi connectivity index (χ3n) is 3.60. The third-order valence-corrected chi connectivity index (χ3v) is 3.60. The molecule has 4 rings (SSSR count). The molecule has 6 nitrogen and oxygen atoms in total. The van der Waals surface area contributed by atoms with Crippen LogP contribution in [0.25, 0.3) is 33.1 Å². The van der Waals surface area contributed by atoms with Gasteiger partial charge in [0.25, 0.3) is 0 Å². The van der Waals surface area contributed by atoms with Crippen LogP contribution in [-0.4, -0.2) is 20.2 Å². The summed E-state index contributed by atoms with van der Waals surface area (Å²) in [5.74, 6) is 0.465. The fourth-order valence-corrected chi connectivity index (χ4v) is 2.59. The topological polar surface area (TPSA) is 107 Å². The number of nitrogens with two attached hydrogens (primary N) is 1. The molecule has 3 aromatic heterocycles. The number of anilines is 1. The molecule has 0 aliphatic carbocycles. The van der Waals surface area contributed by atoms with E-state index in [1.807, 2.05) is 24.3 Å². The Morgan fingerprint density at radius 3 is 3.00 bits per heavy atom. The van der Waals surface area contributed by atoms with Gasteiger partial charge in [-0.3, -0.25) is 5.10 Å². The van der Waals surface area contributed by atoms with Crippen molar-refractivity contribution in [3.8, 4) is 17.2 Å². The Kier molecular flexibility index (Phi) is 2.23. The van der Waals surface area contributed by atoms with Gasteiger partial charge in [-0.25, -0.2) is 4.98 Å². The zero-order valence-corrected chi connectivity index (χ0v) is 10.9. The summed E-state index contributed by atoms with van der Waals surface area (Å²) in [4.78, 5) is 7.27. The van der Waals surface area contributed by atoms with Crippen LogP contribution in [0.3, 0.4) is 0 Å². The molecule has 0 saturated heterocycles. The number of benzene rings is 1. The van der Waals surface area contributed by atoms with Crippen molar-refractivity contribution in [2.45, 2.75) is 0 Å². The Morgan fingerprint density at radius 2 is 2.14 bits per heavy atom. The predicted molar refractivity (Wildman–Crippen MR) is 80.3 cm³/mol. The van der Waals surface area contributed by atoms with Gasteiger partial charge in [-0.1, -0.05) is 6.07 Å². The van der Waals surface area contributed by atoms with Crippen LogP contribution in [0.5, 0.6) is 0 Å². The van der Waals surface area contributed by atoms with Crippen LogP contribution in [0.15, 0.2) is 36.7 Å². The maximum Gasteiger partial charge on any atom is 0.153 e. The number of aromatic nitrogens is 4. The van der Waals surface area contributed by atoms with E-state index in [1.54, 1.807) is 12.4 Å². The number of hydrogen-bond acceptors (Lipinski definition) is 4. The van der Waals surface area contributed by atoms with Gasteiger partial charge in [-0.2, -0.15) is 10.4 Å². The second kappa shape index (κ2) is 4.08. The summed E-state index contributed by atoms with van der Waals surface area (Å²) in [6.07, 6.45) is 3.39. The monoisotopic (exact) mass is 274 g/mol. The molecule has 0 aliphatic heterocycles. The number of nitrogens with one attached hydrogen (secondary N) is 2. The zero-order chi connectivity index (χ0) is 14.4. The summed E-state index contributed by atoms with van der Waals surface area (Å²) >= 11 is 0. The van der Waals surface area contributed by atoms with Gasteiger partial charge in [0.1, 0.15) is 11.7 Å². The minimum absolute atomic E-state index is 0.465. The first kappa shape index (κ1) is 11.5. The molecule has 100 valence electrons. The van der Waals surface area contributed by atoms with E-state index in [-0.39, 0.29) is 0 Å². The highest BCUT2D eigenvalue weighted by Crippen LogP contribution is 2.32. The minimum Gasteiger partial charge on any atom is -0.382 e. The van der Waals surface area contributed by atoms with Gasteiger partial charge in [-0.05, 0) is 29.3 Å². The zero-order valence-electron chi connectivity index (χ0n) is 10.9. The quantitative estimate of drug-likeness (QED) is 0.495. The maximum atomic E-state index is 9.25. The molecule has 0 saturated carbocycles. The van der Waals surface area contributed by atoms with Crippen molar-refractivity contribution >= 4 is 27.8 Å². The molecule has 0 aliphatic rings. The highest BCUT2D eigenvalue weighted by Gasteiger charge is 2.12. The predicted octanol–water partition coefficient (Wildman–Crippen LogP) is 2.56. The summed E-state index contributed by atoms with van der Waals surface area (Å²) in [5.41, 5.74) is 9.94. The molecule has 4 N–H and O–H groups in total. The lowest BCUT2D eigenvalue weighted by molar-refractivity contribution is 1.13. The Hall–Kier alpha value is -3.33. The van der Waals surface area contributed by atoms with Gasteiger partial charge >= 0.3 is 0 Å². The first-order valence-corrected chi connectivity index (χ1v) is 6.38. The molecular weight excluding hydrogens is 264 g/mol. The van der Waals surface area contributed by atoms with Crippen LogP contribution in [0.4, 0.5) is 5.82 Å². The number of nitrogen functional groups attached to an aromatic ring is 1. The van der Waals surface area contributed by atoms with Crippen LogP contribution >= 0.6 is 0 Å². The first-order valence-electron chi connectivity index (χ1n) is 6.38. The van der Waals surface area contributed by atoms with Crippen molar-refractivity contribution < 1.29 is 0 Å². The van der Waals surface area contributed by atoms with Crippen molar-refractivity contribution in [2.75, 3.05) is 5.73 Å². The molecule has 0 amide bonds. The van der Waals surface area contributed by atoms with Gasteiger partial charge in [0, 0.05) is 23.2 Å². The van der Waals surface area contributed by atoms with Crippen molar-refractivity contribution in [3.63, 3.8) is 0 Å². The van der Waals surface area contributed by atoms with E-state index in [1.165, 1.54) is 0 Å². The van der Waals surface area contributed by atoms with Gasteiger partial charge < -0.3 is 10.7 Å². The van der Waals surface area contributed by atoms with Gasteiger partial charge in [0.15, 0.2) is 5.82 Å². The highest BCUT2D eigenvalue weighted by molar-refractivity contribution is 6.00. The van der Waals surface area contributed by atoms with E-state index < -0.39 is 0 Å². The Labute approximate surface area is 119 Å². The van der Waals surface area contributed by atoms with Gasteiger partial charge in [-0.15, -0.1) is 0 Å². The van der Waals surface area contributed by atoms with E-state index in [4.69, 9.17) is 5.73 Å². The lowest BCUT2D eigenvalue weighted by atomic mass is 10.0. The van der Waals surface area contributed by atoms with E-state index >= 15 is 0 Å². The minimum atomic E-state index is 0.465. The van der Waals surface area contributed by atoms with Gasteiger partial charge in [0.2, 0.25) is 0 Å². The number of aromatic amines is 2. The summed E-state index contributed by atoms with van der Waals surface area (Å²) in [7, 11) is 0. The molecule has 3 heterocycles. The van der Waals surface area contributed by atoms with E-state index in [0.29, 0.717) is 17.0 Å².